The summed E-state index contributed by atoms with van der Waals surface area (Å²) in [5.41, 5.74) is 0.789. The summed E-state index contributed by atoms with van der Waals surface area (Å²) in [5.74, 6) is 0.936. The number of rotatable bonds is 6. The normalized spacial score (nSPS) is 19.9. The number of amides is 1. The van der Waals surface area contributed by atoms with Crippen molar-refractivity contribution >= 4 is 27.5 Å². The van der Waals surface area contributed by atoms with E-state index in [-0.39, 0.29) is 16.7 Å². The Labute approximate surface area is 215 Å². The van der Waals surface area contributed by atoms with Crippen molar-refractivity contribution < 1.29 is 17.7 Å². The third kappa shape index (κ3) is 5.46. The van der Waals surface area contributed by atoms with E-state index < -0.39 is 10.0 Å². The number of carbonyl (C=O) groups is 1. The molecule has 2 aliphatic heterocycles. The number of hydrogen-bond donors (Lipinski definition) is 0. The van der Waals surface area contributed by atoms with Crippen LogP contribution in [0.5, 0.6) is 0 Å². The Morgan fingerprint density at radius 1 is 1.03 bits per heavy atom. The molecule has 1 aromatic heterocycles. The Kier molecular flexibility index (Phi) is 7.38. The molecule has 1 amide bonds. The van der Waals surface area contributed by atoms with Crippen LogP contribution in [0, 0.1) is 5.92 Å². The fourth-order valence-corrected chi connectivity index (χ4v) is 6.44. The van der Waals surface area contributed by atoms with E-state index in [0.29, 0.717) is 56.0 Å². The number of benzene rings is 2. The molecule has 0 N–H and O–H groups in total. The highest BCUT2D eigenvalue weighted by Crippen LogP contribution is 2.24. The molecule has 1 unspecified atom stereocenters. The average molecular weight is 530 g/mol. The fourth-order valence-electron chi connectivity index (χ4n) is 4.80. The number of sulfonamides is 1. The summed E-state index contributed by atoms with van der Waals surface area (Å²) in [6.07, 6.45) is 1.71. The van der Waals surface area contributed by atoms with Gasteiger partial charge in [-0.3, -0.25) is 9.69 Å². The van der Waals surface area contributed by atoms with E-state index in [1.165, 1.54) is 4.31 Å². The maximum absolute atomic E-state index is 13.3. The van der Waals surface area contributed by atoms with Crippen molar-refractivity contribution in [3.63, 3.8) is 0 Å². The lowest BCUT2D eigenvalue weighted by Crippen LogP contribution is -2.53. The number of likely N-dealkylation sites (tertiary alicyclic amines) is 1. The van der Waals surface area contributed by atoms with Gasteiger partial charge in [0.15, 0.2) is 0 Å². The molecule has 2 aromatic carbocycles. The number of carbonyl (C=O) groups excluding carboxylic acids is 1. The monoisotopic (exact) mass is 529 g/mol. The van der Waals surface area contributed by atoms with Gasteiger partial charge in [0, 0.05) is 43.3 Å². The summed E-state index contributed by atoms with van der Waals surface area (Å²) in [7, 11) is -3.54. The number of piperazine rings is 1. The van der Waals surface area contributed by atoms with Crippen molar-refractivity contribution in [2.24, 2.45) is 5.92 Å². The van der Waals surface area contributed by atoms with E-state index >= 15 is 0 Å². The van der Waals surface area contributed by atoms with E-state index in [4.69, 9.17) is 16.1 Å². The van der Waals surface area contributed by atoms with Gasteiger partial charge >= 0.3 is 0 Å². The Hall–Kier alpha value is -2.79. The zero-order chi connectivity index (χ0) is 25.1. The highest BCUT2D eigenvalue weighted by molar-refractivity contribution is 7.89. The van der Waals surface area contributed by atoms with Crippen molar-refractivity contribution in [2.45, 2.75) is 24.3 Å². The van der Waals surface area contributed by atoms with Crippen LogP contribution in [0.4, 0.5) is 0 Å². The summed E-state index contributed by atoms with van der Waals surface area (Å²) >= 11 is 6.06. The van der Waals surface area contributed by atoms with Crippen LogP contribution < -0.4 is 0 Å². The van der Waals surface area contributed by atoms with Crippen LogP contribution in [-0.4, -0.2) is 77.8 Å². The van der Waals surface area contributed by atoms with Crippen LogP contribution in [0.1, 0.15) is 18.7 Å². The molecule has 5 rings (SSSR count). The van der Waals surface area contributed by atoms with E-state index in [1.54, 1.807) is 47.4 Å². The van der Waals surface area contributed by atoms with Gasteiger partial charge in [-0.1, -0.05) is 47.1 Å². The second-order valence-corrected chi connectivity index (χ2v) is 11.5. The van der Waals surface area contributed by atoms with Crippen LogP contribution in [0.3, 0.4) is 0 Å². The third-order valence-corrected chi connectivity index (χ3v) is 8.84. The number of piperidine rings is 1. The Balaban J connectivity index is 1.16. The Morgan fingerprint density at radius 2 is 1.81 bits per heavy atom. The number of hydrogen-bond acceptors (Lipinski definition) is 7. The first-order chi connectivity index (χ1) is 17.4. The molecule has 1 atom stereocenters. The van der Waals surface area contributed by atoms with Gasteiger partial charge in [0.05, 0.1) is 17.4 Å². The minimum absolute atomic E-state index is 0.0848. The highest BCUT2D eigenvalue weighted by atomic mass is 35.5. The first-order valence-corrected chi connectivity index (χ1v) is 13.9. The number of aromatic nitrogens is 2. The van der Waals surface area contributed by atoms with Crippen LogP contribution in [0.2, 0.25) is 5.02 Å². The first-order valence-electron chi connectivity index (χ1n) is 12.0. The number of halogens is 1. The minimum Gasteiger partial charge on any atom is -0.340 e. The van der Waals surface area contributed by atoms with Gasteiger partial charge < -0.3 is 9.42 Å². The molecule has 9 nitrogen and oxygen atoms in total. The lowest BCUT2D eigenvalue weighted by atomic mass is 9.96. The van der Waals surface area contributed by atoms with Gasteiger partial charge in [-0.05, 0) is 43.7 Å². The van der Waals surface area contributed by atoms with Gasteiger partial charge in [0.25, 0.3) is 0 Å². The van der Waals surface area contributed by atoms with Gasteiger partial charge in [-0.15, -0.1) is 0 Å². The van der Waals surface area contributed by atoms with E-state index in [2.05, 4.69) is 15.0 Å². The summed E-state index contributed by atoms with van der Waals surface area (Å²) < 4.78 is 32.7. The maximum atomic E-state index is 13.3. The summed E-state index contributed by atoms with van der Waals surface area (Å²) in [6.45, 7) is 3.32. The van der Waals surface area contributed by atoms with Crippen molar-refractivity contribution in [3.05, 3.63) is 65.5 Å². The molecular weight excluding hydrogens is 502 g/mol. The molecule has 3 heterocycles. The van der Waals surface area contributed by atoms with Crippen molar-refractivity contribution in [1.82, 2.24) is 24.2 Å². The van der Waals surface area contributed by atoms with Crippen LogP contribution >= 0.6 is 11.6 Å². The number of nitrogens with zero attached hydrogens (tertiary/aromatic N) is 5. The highest BCUT2D eigenvalue weighted by Gasteiger charge is 2.34. The molecule has 0 aliphatic carbocycles. The lowest BCUT2D eigenvalue weighted by molar-refractivity contribution is -0.138. The van der Waals surface area contributed by atoms with Crippen molar-refractivity contribution in [3.8, 4) is 11.4 Å². The second kappa shape index (κ2) is 10.7. The molecule has 0 spiro atoms. The summed E-state index contributed by atoms with van der Waals surface area (Å²) in [6, 6.07) is 15.7. The Morgan fingerprint density at radius 3 is 2.56 bits per heavy atom. The molecule has 3 aromatic rings. The summed E-state index contributed by atoms with van der Waals surface area (Å²) in [5, 5.41) is 4.68. The SMILES string of the molecule is O=C(C1CCCN(Cc2nc(-c3cccc(Cl)c3)no2)C1)N1CCN(S(=O)(=O)c2ccccc2)CC1. The predicted octanol–water partition coefficient (Wildman–Crippen LogP) is 3.14. The first kappa shape index (κ1) is 24.9. The second-order valence-electron chi connectivity index (χ2n) is 9.14. The summed E-state index contributed by atoms with van der Waals surface area (Å²) in [4.78, 5) is 22.0. The van der Waals surface area contributed by atoms with E-state index in [1.807, 2.05) is 12.1 Å². The van der Waals surface area contributed by atoms with Gasteiger partial charge in [0.2, 0.25) is 27.6 Å². The third-order valence-electron chi connectivity index (χ3n) is 6.70. The molecule has 0 radical (unpaired) electrons. The van der Waals surface area contributed by atoms with Gasteiger partial charge in [-0.25, -0.2) is 8.42 Å². The zero-order valence-electron chi connectivity index (χ0n) is 19.8. The van der Waals surface area contributed by atoms with Crippen molar-refractivity contribution in [1.29, 1.82) is 0 Å². The van der Waals surface area contributed by atoms with Crippen molar-refractivity contribution in [2.75, 3.05) is 39.3 Å². The zero-order valence-corrected chi connectivity index (χ0v) is 21.4. The molecule has 2 fully saturated rings. The molecule has 2 aliphatic rings. The smallest absolute Gasteiger partial charge is 0.243 e. The largest absolute Gasteiger partial charge is 0.340 e. The average Bonchev–Trinajstić information content (AvgIpc) is 3.37. The topological polar surface area (TPSA) is 99.8 Å². The molecule has 0 saturated carbocycles. The quantitative estimate of drug-likeness (QED) is 0.483. The predicted molar refractivity (Wildman–Crippen MR) is 135 cm³/mol. The maximum Gasteiger partial charge on any atom is 0.243 e. The minimum atomic E-state index is -3.54. The van der Waals surface area contributed by atoms with Crippen LogP contribution in [-0.2, 0) is 21.4 Å². The van der Waals surface area contributed by atoms with Gasteiger partial charge in [0.1, 0.15) is 0 Å². The molecule has 190 valence electrons. The lowest BCUT2D eigenvalue weighted by Gasteiger charge is -2.38. The van der Waals surface area contributed by atoms with Crippen LogP contribution in [0.15, 0.2) is 64.0 Å². The molecule has 36 heavy (non-hydrogen) atoms. The molecular formula is C25H28ClN5O4S. The van der Waals surface area contributed by atoms with Gasteiger partial charge in [-0.2, -0.15) is 9.29 Å². The van der Waals surface area contributed by atoms with Crippen LogP contribution in [0.25, 0.3) is 11.4 Å². The molecule has 11 heteroatoms. The standard InChI is InChI=1S/C25H28ClN5O4S/c26-21-8-4-6-19(16-21)24-27-23(35-28-24)18-29-11-5-7-20(17-29)25(32)30-12-14-31(15-13-30)36(33,34)22-9-2-1-3-10-22/h1-4,6,8-10,16,20H,5,7,11-15,17-18H2. The van der Waals surface area contributed by atoms with E-state index in [0.717, 1.165) is 24.9 Å². The molecule has 2 saturated heterocycles. The fraction of sp³-hybridized carbons (Fsp3) is 0.400. The molecule has 0 bridgehead atoms. The van der Waals surface area contributed by atoms with E-state index in [9.17, 15) is 13.2 Å². The Bertz CT molecular complexity index is 1310.